The second kappa shape index (κ2) is 5.30. The van der Waals surface area contributed by atoms with Crippen molar-refractivity contribution in [3.05, 3.63) is 65.9 Å². The highest BCUT2D eigenvalue weighted by Crippen LogP contribution is 2.19. The zero-order valence-corrected chi connectivity index (χ0v) is 11.2. The van der Waals surface area contributed by atoms with Gasteiger partial charge in [0.05, 0.1) is 12.1 Å². The monoisotopic (exact) mass is 279 g/mol. The minimum atomic E-state index is -0.286. The second-order valence-electron chi connectivity index (χ2n) is 4.58. The fourth-order valence-electron chi connectivity index (χ4n) is 2.23. The first-order chi connectivity index (χ1) is 10.2. The molecule has 21 heavy (non-hydrogen) atoms. The molecule has 2 aromatic carbocycles. The van der Waals surface area contributed by atoms with Crippen LogP contribution < -0.4 is 5.73 Å². The molecular formula is C16H13N3O2. The number of rotatable bonds is 3. The lowest BCUT2D eigenvalue weighted by Crippen LogP contribution is -2.17. The summed E-state index contributed by atoms with van der Waals surface area (Å²) in [5.74, 6) is -0.561. The highest BCUT2D eigenvalue weighted by atomic mass is 16.2. The zero-order chi connectivity index (χ0) is 14.8. The molecule has 0 spiro atoms. The van der Waals surface area contributed by atoms with Crippen molar-refractivity contribution in [2.75, 3.05) is 6.54 Å². The van der Waals surface area contributed by atoms with Crippen LogP contribution in [0.15, 0.2) is 54.6 Å². The van der Waals surface area contributed by atoms with Crippen LogP contribution in [0.1, 0.15) is 20.8 Å². The van der Waals surface area contributed by atoms with Crippen molar-refractivity contribution in [3.63, 3.8) is 0 Å². The van der Waals surface area contributed by atoms with E-state index in [0.717, 1.165) is 0 Å². The summed E-state index contributed by atoms with van der Waals surface area (Å²) in [7, 11) is 0. The Morgan fingerprint density at radius 1 is 1.00 bits per heavy atom. The molecule has 0 bridgehead atoms. The Kier molecular flexibility index (Phi) is 3.33. The summed E-state index contributed by atoms with van der Waals surface area (Å²) < 4.78 is 1.26. The molecule has 2 N–H and O–H groups in total. The molecule has 104 valence electrons. The van der Waals surface area contributed by atoms with Gasteiger partial charge in [0.15, 0.2) is 5.78 Å². The topological polar surface area (TPSA) is 78.0 Å². The predicted octanol–water partition coefficient (Wildman–Crippen LogP) is 1.87. The summed E-state index contributed by atoms with van der Waals surface area (Å²) in [6, 6.07) is 15.9. The van der Waals surface area contributed by atoms with Crippen molar-refractivity contribution in [1.29, 1.82) is 0 Å². The number of fused-ring (bicyclic) bond motifs is 1. The van der Waals surface area contributed by atoms with Crippen LogP contribution in [0.5, 0.6) is 0 Å². The average Bonchev–Trinajstić information content (AvgIpc) is 2.94. The molecule has 5 nitrogen and oxygen atoms in total. The fraction of sp³-hybridized carbons (Fsp3) is 0.0625. The van der Waals surface area contributed by atoms with Crippen LogP contribution >= 0.6 is 0 Å². The smallest absolute Gasteiger partial charge is 0.278 e. The summed E-state index contributed by atoms with van der Waals surface area (Å²) >= 11 is 0. The SMILES string of the molecule is NCC(=O)c1nn(C(=O)c2ccccc2)c2ccccc12. The quantitative estimate of drug-likeness (QED) is 0.742. The van der Waals surface area contributed by atoms with E-state index in [-0.39, 0.29) is 23.9 Å². The summed E-state index contributed by atoms with van der Waals surface area (Å²) in [5.41, 5.74) is 6.75. The minimum absolute atomic E-state index is 0.138. The first-order valence-corrected chi connectivity index (χ1v) is 6.53. The molecule has 1 aromatic heterocycles. The van der Waals surface area contributed by atoms with Gasteiger partial charge in [0.2, 0.25) is 0 Å². The van der Waals surface area contributed by atoms with Crippen molar-refractivity contribution in [1.82, 2.24) is 9.78 Å². The zero-order valence-electron chi connectivity index (χ0n) is 11.2. The number of para-hydroxylation sites is 1. The van der Waals surface area contributed by atoms with Crippen LogP contribution in [0.2, 0.25) is 0 Å². The molecule has 0 aliphatic rings. The van der Waals surface area contributed by atoms with Gasteiger partial charge in [0, 0.05) is 10.9 Å². The molecule has 0 amide bonds. The van der Waals surface area contributed by atoms with E-state index < -0.39 is 0 Å². The molecule has 3 aromatic rings. The highest BCUT2D eigenvalue weighted by molar-refractivity contribution is 6.10. The molecule has 0 atom stereocenters. The van der Waals surface area contributed by atoms with Crippen molar-refractivity contribution >= 4 is 22.6 Å². The molecule has 5 heteroatoms. The van der Waals surface area contributed by atoms with Gasteiger partial charge in [-0.3, -0.25) is 9.59 Å². The van der Waals surface area contributed by atoms with Gasteiger partial charge in [-0.15, -0.1) is 0 Å². The van der Waals surface area contributed by atoms with Crippen LogP contribution in [0.4, 0.5) is 0 Å². The normalized spacial score (nSPS) is 10.7. The first kappa shape index (κ1) is 13.2. The fourth-order valence-corrected chi connectivity index (χ4v) is 2.23. The number of benzene rings is 2. The number of hydrogen-bond donors (Lipinski definition) is 1. The van der Waals surface area contributed by atoms with Crippen LogP contribution in [0.25, 0.3) is 10.9 Å². The third-order valence-corrected chi connectivity index (χ3v) is 3.25. The molecule has 0 unspecified atom stereocenters. The molecule has 0 saturated heterocycles. The molecule has 0 aliphatic carbocycles. The van der Waals surface area contributed by atoms with Gasteiger partial charge < -0.3 is 5.73 Å². The average molecular weight is 279 g/mol. The molecule has 0 saturated carbocycles. The van der Waals surface area contributed by atoms with Crippen molar-refractivity contribution in [3.8, 4) is 0 Å². The number of nitrogens with zero attached hydrogens (tertiary/aromatic N) is 2. The van der Waals surface area contributed by atoms with Gasteiger partial charge in [0.25, 0.3) is 5.91 Å². The third-order valence-electron chi connectivity index (χ3n) is 3.25. The van der Waals surface area contributed by atoms with Crippen LogP contribution in [0.3, 0.4) is 0 Å². The second-order valence-corrected chi connectivity index (χ2v) is 4.58. The van der Waals surface area contributed by atoms with Gasteiger partial charge in [0.1, 0.15) is 5.69 Å². The van der Waals surface area contributed by atoms with Crippen molar-refractivity contribution in [2.45, 2.75) is 0 Å². The van der Waals surface area contributed by atoms with Gasteiger partial charge in [-0.05, 0) is 18.2 Å². The first-order valence-electron chi connectivity index (χ1n) is 6.53. The minimum Gasteiger partial charge on any atom is -0.324 e. The Hall–Kier alpha value is -2.79. The molecule has 0 radical (unpaired) electrons. The lowest BCUT2D eigenvalue weighted by molar-refractivity contribution is 0.0948. The van der Waals surface area contributed by atoms with Gasteiger partial charge in [-0.25, -0.2) is 0 Å². The predicted molar refractivity (Wildman–Crippen MR) is 79.3 cm³/mol. The van der Waals surface area contributed by atoms with E-state index in [0.29, 0.717) is 16.5 Å². The number of aromatic nitrogens is 2. The summed E-state index contributed by atoms with van der Waals surface area (Å²) in [5, 5.41) is 4.81. The van der Waals surface area contributed by atoms with E-state index in [1.54, 1.807) is 48.5 Å². The Morgan fingerprint density at radius 3 is 2.38 bits per heavy atom. The Morgan fingerprint density at radius 2 is 1.67 bits per heavy atom. The molecule has 3 rings (SSSR count). The standard InChI is InChI=1S/C16H13N3O2/c17-10-14(20)15-12-8-4-5-9-13(12)19(18-15)16(21)11-6-2-1-3-7-11/h1-9H,10,17H2. The Bertz CT molecular complexity index is 822. The van der Waals surface area contributed by atoms with Gasteiger partial charge in [-0.2, -0.15) is 9.78 Å². The summed E-state index contributed by atoms with van der Waals surface area (Å²) in [6.45, 7) is -0.138. The molecule has 0 fully saturated rings. The number of hydrogen-bond acceptors (Lipinski definition) is 4. The number of carbonyl (C=O) groups excluding carboxylic acids is 2. The Labute approximate surface area is 121 Å². The Balaban J connectivity index is 2.20. The van der Waals surface area contributed by atoms with Crippen molar-refractivity contribution < 1.29 is 9.59 Å². The molecule has 1 heterocycles. The molecule has 0 aliphatic heterocycles. The summed E-state index contributed by atoms with van der Waals surface area (Å²) in [6.07, 6.45) is 0. The maximum atomic E-state index is 12.5. The lowest BCUT2D eigenvalue weighted by Gasteiger charge is -2.01. The van der Waals surface area contributed by atoms with Gasteiger partial charge >= 0.3 is 0 Å². The van der Waals surface area contributed by atoms with E-state index >= 15 is 0 Å². The summed E-state index contributed by atoms with van der Waals surface area (Å²) in [4.78, 5) is 24.4. The highest BCUT2D eigenvalue weighted by Gasteiger charge is 2.19. The lowest BCUT2D eigenvalue weighted by atomic mass is 10.1. The van der Waals surface area contributed by atoms with Crippen LogP contribution in [0, 0.1) is 0 Å². The maximum Gasteiger partial charge on any atom is 0.278 e. The number of nitrogens with two attached hydrogens (primary N) is 1. The van der Waals surface area contributed by atoms with Crippen molar-refractivity contribution in [2.24, 2.45) is 5.73 Å². The van der Waals surface area contributed by atoms with Gasteiger partial charge in [-0.1, -0.05) is 36.4 Å². The van der Waals surface area contributed by atoms with E-state index in [2.05, 4.69) is 5.10 Å². The van der Waals surface area contributed by atoms with E-state index in [1.165, 1.54) is 4.68 Å². The van der Waals surface area contributed by atoms with Crippen LogP contribution in [-0.4, -0.2) is 28.0 Å². The van der Waals surface area contributed by atoms with Crippen LogP contribution in [-0.2, 0) is 0 Å². The number of carbonyl (C=O) groups is 2. The number of ketones is 1. The largest absolute Gasteiger partial charge is 0.324 e. The third kappa shape index (κ3) is 2.23. The number of Topliss-reactive ketones (excluding diaryl/α,β-unsaturated/α-hetero) is 1. The van der Waals surface area contributed by atoms with E-state index in [4.69, 9.17) is 5.73 Å². The maximum absolute atomic E-state index is 12.5. The van der Waals surface area contributed by atoms with E-state index in [9.17, 15) is 9.59 Å². The van der Waals surface area contributed by atoms with E-state index in [1.807, 2.05) is 6.07 Å². The molecular weight excluding hydrogens is 266 g/mol.